The molecule has 2 fully saturated rings. The number of phenols is 1. The van der Waals surface area contributed by atoms with Gasteiger partial charge >= 0.3 is 0 Å². The molecule has 2 saturated carbocycles. The molecule has 0 radical (unpaired) electrons. The van der Waals surface area contributed by atoms with Crippen molar-refractivity contribution in [2.24, 2.45) is 17.3 Å². The number of rotatable bonds is 5. The Balaban J connectivity index is 1.59. The number of aliphatic hydroxyl groups is 2. The third-order valence-electron chi connectivity index (χ3n) is 8.28. The third-order valence-corrected chi connectivity index (χ3v) is 8.28. The van der Waals surface area contributed by atoms with Gasteiger partial charge in [0.05, 0.1) is 12.2 Å². The minimum atomic E-state index is -0.212. The van der Waals surface area contributed by atoms with E-state index in [4.69, 9.17) is 0 Å². The van der Waals surface area contributed by atoms with Gasteiger partial charge < -0.3 is 15.3 Å². The zero-order valence-corrected chi connectivity index (χ0v) is 16.9. The van der Waals surface area contributed by atoms with Gasteiger partial charge in [-0.1, -0.05) is 25.8 Å². The molecule has 3 heteroatoms. The van der Waals surface area contributed by atoms with Crippen LogP contribution >= 0.6 is 0 Å². The van der Waals surface area contributed by atoms with Crippen molar-refractivity contribution in [3.05, 3.63) is 29.3 Å². The third kappa shape index (κ3) is 3.42. The van der Waals surface area contributed by atoms with E-state index in [-0.39, 0.29) is 17.6 Å². The SMILES string of the molecule is CC(O)CCCC[C@@H]1C[C@@H]2[C@H](CC[C@]3(C)[C@@H](O)CC[C@@H]23)c2ccc(O)cc21. The van der Waals surface area contributed by atoms with Crippen molar-refractivity contribution in [2.75, 3.05) is 0 Å². The Bertz CT molecular complexity index is 670. The molecule has 3 N–H and O–H groups in total. The summed E-state index contributed by atoms with van der Waals surface area (Å²) >= 11 is 0. The van der Waals surface area contributed by atoms with Crippen LogP contribution in [0, 0.1) is 17.3 Å². The fraction of sp³-hybridized carbons (Fsp3) is 0.750. The van der Waals surface area contributed by atoms with Crippen LogP contribution in [0.1, 0.15) is 94.6 Å². The molecule has 3 nitrogen and oxygen atoms in total. The Labute approximate surface area is 163 Å². The summed E-state index contributed by atoms with van der Waals surface area (Å²) < 4.78 is 0. The zero-order valence-electron chi connectivity index (χ0n) is 16.9. The van der Waals surface area contributed by atoms with Gasteiger partial charge in [-0.3, -0.25) is 0 Å². The predicted molar refractivity (Wildman–Crippen MR) is 108 cm³/mol. The number of benzene rings is 1. The van der Waals surface area contributed by atoms with E-state index in [9.17, 15) is 15.3 Å². The Morgan fingerprint density at radius 2 is 1.96 bits per heavy atom. The second-order valence-electron chi connectivity index (χ2n) is 9.89. The van der Waals surface area contributed by atoms with Crippen LogP contribution in [0.4, 0.5) is 0 Å². The van der Waals surface area contributed by atoms with Crippen LogP contribution in [-0.4, -0.2) is 27.5 Å². The average molecular weight is 373 g/mol. The average Bonchev–Trinajstić information content (AvgIpc) is 2.93. The van der Waals surface area contributed by atoms with Gasteiger partial charge in [0.15, 0.2) is 0 Å². The first-order chi connectivity index (χ1) is 12.9. The van der Waals surface area contributed by atoms with Gasteiger partial charge in [-0.25, -0.2) is 0 Å². The molecule has 0 spiro atoms. The van der Waals surface area contributed by atoms with Crippen LogP contribution in [0.25, 0.3) is 0 Å². The molecule has 4 rings (SSSR count). The highest BCUT2D eigenvalue weighted by atomic mass is 16.3. The van der Waals surface area contributed by atoms with Crippen molar-refractivity contribution in [3.8, 4) is 5.75 Å². The zero-order chi connectivity index (χ0) is 19.2. The molecule has 1 unspecified atom stereocenters. The number of hydrogen-bond donors (Lipinski definition) is 3. The number of unbranched alkanes of at least 4 members (excludes halogenated alkanes) is 1. The second kappa shape index (κ2) is 7.40. The van der Waals surface area contributed by atoms with E-state index in [1.54, 1.807) is 0 Å². The molecule has 1 aromatic rings. The van der Waals surface area contributed by atoms with E-state index in [1.165, 1.54) is 30.4 Å². The molecule has 150 valence electrons. The Hall–Kier alpha value is -1.06. The highest BCUT2D eigenvalue weighted by Gasteiger charge is 2.55. The minimum absolute atomic E-state index is 0.104. The van der Waals surface area contributed by atoms with Gasteiger partial charge in [0, 0.05) is 0 Å². The Kier molecular flexibility index (Phi) is 5.28. The lowest BCUT2D eigenvalue weighted by Crippen LogP contribution is -2.44. The number of hydrogen-bond acceptors (Lipinski definition) is 3. The summed E-state index contributed by atoms with van der Waals surface area (Å²) in [6.07, 6.45) is 9.49. The fourth-order valence-corrected chi connectivity index (χ4v) is 6.79. The highest BCUT2D eigenvalue weighted by Crippen LogP contribution is 2.62. The fourth-order valence-electron chi connectivity index (χ4n) is 6.79. The van der Waals surface area contributed by atoms with E-state index in [2.05, 4.69) is 13.0 Å². The van der Waals surface area contributed by atoms with Crippen molar-refractivity contribution < 1.29 is 15.3 Å². The maximum atomic E-state index is 10.6. The van der Waals surface area contributed by atoms with Gasteiger partial charge in [0.1, 0.15) is 5.75 Å². The molecule has 0 aromatic heterocycles. The van der Waals surface area contributed by atoms with Gasteiger partial charge in [0.2, 0.25) is 0 Å². The summed E-state index contributed by atoms with van der Waals surface area (Å²) in [7, 11) is 0. The summed E-state index contributed by atoms with van der Waals surface area (Å²) in [6.45, 7) is 4.20. The van der Waals surface area contributed by atoms with Crippen LogP contribution in [0.15, 0.2) is 18.2 Å². The lowest BCUT2D eigenvalue weighted by atomic mass is 9.53. The van der Waals surface area contributed by atoms with E-state index in [0.29, 0.717) is 29.4 Å². The number of phenolic OH excluding ortho intramolecular Hbond substituents is 1. The van der Waals surface area contributed by atoms with Gasteiger partial charge in [0.25, 0.3) is 0 Å². The summed E-state index contributed by atoms with van der Waals surface area (Å²) in [4.78, 5) is 0. The molecular formula is C24H36O3. The summed E-state index contributed by atoms with van der Waals surface area (Å²) in [5.41, 5.74) is 2.94. The number of fused-ring (bicyclic) bond motifs is 5. The van der Waals surface area contributed by atoms with Crippen molar-refractivity contribution in [2.45, 2.75) is 95.7 Å². The molecule has 27 heavy (non-hydrogen) atoms. The normalized spacial score (nSPS) is 38.7. The monoisotopic (exact) mass is 372 g/mol. The van der Waals surface area contributed by atoms with Crippen LogP contribution in [0.5, 0.6) is 5.75 Å². The Morgan fingerprint density at radius 3 is 2.74 bits per heavy atom. The minimum Gasteiger partial charge on any atom is -0.508 e. The molecular weight excluding hydrogens is 336 g/mol. The van der Waals surface area contributed by atoms with Gasteiger partial charge in [-0.05, 0) is 104 Å². The first-order valence-corrected chi connectivity index (χ1v) is 11.1. The molecule has 0 bridgehead atoms. The first-order valence-electron chi connectivity index (χ1n) is 11.1. The predicted octanol–water partition coefficient (Wildman–Crippen LogP) is 5.09. The first kappa shape index (κ1) is 19.3. The topological polar surface area (TPSA) is 60.7 Å². The van der Waals surface area contributed by atoms with Crippen molar-refractivity contribution in [1.29, 1.82) is 0 Å². The largest absolute Gasteiger partial charge is 0.508 e. The van der Waals surface area contributed by atoms with Crippen molar-refractivity contribution in [1.82, 2.24) is 0 Å². The molecule has 0 amide bonds. The van der Waals surface area contributed by atoms with Crippen LogP contribution in [0.3, 0.4) is 0 Å². The molecule has 0 heterocycles. The second-order valence-corrected chi connectivity index (χ2v) is 9.89. The maximum Gasteiger partial charge on any atom is 0.115 e. The maximum absolute atomic E-state index is 10.6. The molecule has 3 aliphatic rings. The molecule has 0 aliphatic heterocycles. The van der Waals surface area contributed by atoms with Crippen molar-refractivity contribution >= 4 is 0 Å². The molecule has 0 saturated heterocycles. The standard InChI is InChI=1S/C24H36O3/c1-15(25)5-3-4-6-16-13-21-19(18-8-7-17(26)14-20(16)18)11-12-24(2)22(21)9-10-23(24)27/h7-8,14-16,19,21-23,25-27H,3-6,9-13H2,1-2H3/t15?,16-,19-,21-,22+,23+,24+/m1/s1. The van der Waals surface area contributed by atoms with E-state index >= 15 is 0 Å². The van der Waals surface area contributed by atoms with Crippen LogP contribution < -0.4 is 0 Å². The lowest BCUT2D eigenvalue weighted by Gasteiger charge is -2.51. The van der Waals surface area contributed by atoms with E-state index in [1.807, 2.05) is 19.1 Å². The summed E-state index contributed by atoms with van der Waals surface area (Å²) in [5.74, 6) is 2.78. The summed E-state index contributed by atoms with van der Waals surface area (Å²) in [6, 6.07) is 6.06. The van der Waals surface area contributed by atoms with Gasteiger partial charge in [-0.2, -0.15) is 0 Å². The highest BCUT2D eigenvalue weighted by molar-refractivity contribution is 5.42. The van der Waals surface area contributed by atoms with Gasteiger partial charge in [-0.15, -0.1) is 0 Å². The lowest BCUT2D eigenvalue weighted by molar-refractivity contribution is -0.0252. The molecule has 3 aliphatic carbocycles. The number of aromatic hydroxyl groups is 1. The molecule has 7 atom stereocenters. The summed E-state index contributed by atoms with van der Waals surface area (Å²) in [5, 5.41) is 30.3. The Morgan fingerprint density at radius 1 is 1.15 bits per heavy atom. The smallest absolute Gasteiger partial charge is 0.115 e. The van der Waals surface area contributed by atoms with Crippen molar-refractivity contribution in [3.63, 3.8) is 0 Å². The van der Waals surface area contributed by atoms with Crippen LogP contribution in [-0.2, 0) is 0 Å². The van der Waals surface area contributed by atoms with E-state index in [0.717, 1.165) is 38.5 Å². The quantitative estimate of drug-likeness (QED) is 0.631. The number of aliphatic hydroxyl groups excluding tert-OH is 2. The van der Waals surface area contributed by atoms with E-state index < -0.39 is 0 Å². The van der Waals surface area contributed by atoms with Crippen LogP contribution in [0.2, 0.25) is 0 Å². The molecule has 1 aromatic carbocycles.